The molecule has 6 heteroatoms. The summed E-state index contributed by atoms with van der Waals surface area (Å²) in [4.78, 5) is 13.1. The van der Waals surface area contributed by atoms with Gasteiger partial charge >= 0.3 is 0 Å². The molecule has 2 aromatic heterocycles. The summed E-state index contributed by atoms with van der Waals surface area (Å²) < 4.78 is 1.99. The van der Waals surface area contributed by atoms with Gasteiger partial charge in [0.05, 0.1) is 17.2 Å². The van der Waals surface area contributed by atoms with Gasteiger partial charge in [-0.3, -0.25) is 9.58 Å². The molecule has 1 aliphatic heterocycles. The molecular formula is C18H24N6. The predicted molar refractivity (Wildman–Crippen MR) is 96.1 cm³/mol. The summed E-state index contributed by atoms with van der Waals surface area (Å²) in [5, 5.41) is 4.38. The van der Waals surface area contributed by atoms with E-state index >= 15 is 0 Å². The number of benzene rings is 1. The first-order valence-electron chi connectivity index (χ1n) is 8.75. The van der Waals surface area contributed by atoms with Gasteiger partial charge in [-0.05, 0) is 25.5 Å². The number of aromatic amines is 1. The number of aryl methyl sites for hydroxylation is 1. The molecule has 4 rings (SSSR count). The normalized spacial score (nSPS) is 16.6. The van der Waals surface area contributed by atoms with Crippen LogP contribution < -0.4 is 4.90 Å². The van der Waals surface area contributed by atoms with Crippen molar-refractivity contribution in [2.45, 2.75) is 26.4 Å². The van der Waals surface area contributed by atoms with Crippen LogP contribution in [0.2, 0.25) is 0 Å². The number of hydrogen-bond donors (Lipinski definition) is 1. The van der Waals surface area contributed by atoms with Crippen molar-refractivity contribution in [2.75, 3.05) is 31.1 Å². The molecule has 6 nitrogen and oxygen atoms in total. The lowest BCUT2D eigenvalue weighted by atomic mass is 10.3. The Morgan fingerprint density at radius 1 is 1.12 bits per heavy atom. The Hall–Kier alpha value is -2.34. The van der Waals surface area contributed by atoms with Crippen LogP contribution in [0.1, 0.15) is 18.9 Å². The van der Waals surface area contributed by atoms with Crippen molar-refractivity contribution in [1.82, 2.24) is 24.6 Å². The first kappa shape index (κ1) is 15.2. The van der Waals surface area contributed by atoms with Crippen molar-refractivity contribution < 1.29 is 0 Å². The maximum atomic E-state index is 4.74. The third-order valence-corrected chi connectivity index (χ3v) is 4.68. The Labute approximate surface area is 142 Å². The largest absolute Gasteiger partial charge is 0.341 e. The lowest BCUT2D eigenvalue weighted by molar-refractivity contribution is 0.285. The average Bonchev–Trinajstić information content (AvgIpc) is 3.17. The molecule has 0 radical (unpaired) electrons. The average molecular weight is 324 g/mol. The van der Waals surface area contributed by atoms with Crippen molar-refractivity contribution >= 4 is 17.0 Å². The third kappa shape index (κ3) is 3.14. The molecule has 0 atom stereocenters. The highest BCUT2D eigenvalue weighted by atomic mass is 15.3. The Bertz CT molecular complexity index is 772. The van der Waals surface area contributed by atoms with Gasteiger partial charge in [-0.2, -0.15) is 5.10 Å². The standard InChI is InChI=1S/C18H24N6/c1-2-24-14-15(12-19-24)13-22-8-5-9-23(11-10-22)18-20-16-6-3-4-7-17(16)21-18/h3-4,6-7,12,14H,2,5,8-11,13H2,1H3,(H,20,21). The second-order valence-corrected chi connectivity index (χ2v) is 6.40. The molecule has 3 heterocycles. The number of nitrogens with one attached hydrogen (secondary N) is 1. The van der Waals surface area contributed by atoms with Crippen molar-refractivity contribution in [3.05, 3.63) is 42.2 Å². The zero-order chi connectivity index (χ0) is 16.4. The first-order chi connectivity index (χ1) is 11.8. The maximum Gasteiger partial charge on any atom is 0.203 e. The molecule has 0 unspecified atom stereocenters. The number of aromatic nitrogens is 4. The molecule has 0 amide bonds. The van der Waals surface area contributed by atoms with E-state index in [1.54, 1.807) is 0 Å². The van der Waals surface area contributed by atoms with Crippen LogP contribution in [0.4, 0.5) is 5.95 Å². The molecule has 3 aromatic rings. The fourth-order valence-electron chi connectivity index (χ4n) is 3.35. The monoisotopic (exact) mass is 324 g/mol. The first-order valence-corrected chi connectivity index (χ1v) is 8.75. The molecule has 1 aliphatic rings. The molecule has 0 saturated carbocycles. The lowest BCUT2D eigenvalue weighted by Gasteiger charge is -2.21. The number of hydrogen-bond acceptors (Lipinski definition) is 4. The molecule has 126 valence electrons. The van der Waals surface area contributed by atoms with Gasteiger partial charge in [0.25, 0.3) is 0 Å². The van der Waals surface area contributed by atoms with E-state index in [0.29, 0.717) is 0 Å². The second kappa shape index (κ2) is 6.65. The molecule has 1 N–H and O–H groups in total. The van der Waals surface area contributed by atoms with E-state index in [0.717, 1.165) is 62.7 Å². The minimum atomic E-state index is 0.930. The van der Waals surface area contributed by atoms with Gasteiger partial charge in [0.2, 0.25) is 5.95 Å². The predicted octanol–water partition coefficient (Wildman–Crippen LogP) is 2.49. The summed E-state index contributed by atoms with van der Waals surface area (Å²) in [6.45, 7) is 8.25. The van der Waals surface area contributed by atoms with E-state index in [9.17, 15) is 0 Å². The van der Waals surface area contributed by atoms with Gasteiger partial charge in [0.1, 0.15) is 0 Å². The number of nitrogens with zero attached hydrogens (tertiary/aromatic N) is 5. The highest BCUT2D eigenvalue weighted by Crippen LogP contribution is 2.19. The molecule has 0 aliphatic carbocycles. The number of rotatable bonds is 4. The SMILES string of the molecule is CCn1cc(CN2CCCN(c3nc4ccccc4[nH]3)CC2)cn1. The molecule has 1 aromatic carbocycles. The summed E-state index contributed by atoms with van der Waals surface area (Å²) in [5.41, 5.74) is 3.45. The van der Waals surface area contributed by atoms with E-state index in [1.165, 1.54) is 5.56 Å². The van der Waals surface area contributed by atoms with Crippen LogP contribution in [-0.2, 0) is 13.1 Å². The molecular weight excluding hydrogens is 300 g/mol. The summed E-state index contributed by atoms with van der Waals surface area (Å²) in [5.74, 6) is 0.997. The van der Waals surface area contributed by atoms with E-state index in [-0.39, 0.29) is 0 Å². The van der Waals surface area contributed by atoms with Crippen LogP contribution in [-0.4, -0.2) is 50.8 Å². The fourth-order valence-corrected chi connectivity index (χ4v) is 3.35. The van der Waals surface area contributed by atoms with Gasteiger partial charge in [-0.1, -0.05) is 12.1 Å². The van der Waals surface area contributed by atoms with Crippen LogP contribution in [0, 0.1) is 0 Å². The minimum Gasteiger partial charge on any atom is -0.341 e. The van der Waals surface area contributed by atoms with Crippen LogP contribution in [0.5, 0.6) is 0 Å². The lowest BCUT2D eigenvalue weighted by Crippen LogP contribution is -2.31. The quantitative estimate of drug-likeness (QED) is 0.801. The highest BCUT2D eigenvalue weighted by molar-refractivity contribution is 5.77. The summed E-state index contributed by atoms with van der Waals surface area (Å²) in [6, 6.07) is 8.23. The minimum absolute atomic E-state index is 0.930. The van der Waals surface area contributed by atoms with E-state index in [4.69, 9.17) is 4.98 Å². The highest BCUT2D eigenvalue weighted by Gasteiger charge is 2.18. The zero-order valence-corrected chi connectivity index (χ0v) is 14.1. The van der Waals surface area contributed by atoms with Crippen molar-refractivity contribution in [1.29, 1.82) is 0 Å². The van der Waals surface area contributed by atoms with E-state index < -0.39 is 0 Å². The summed E-state index contributed by atoms with van der Waals surface area (Å²) in [6.07, 6.45) is 5.30. The Morgan fingerprint density at radius 3 is 2.88 bits per heavy atom. The van der Waals surface area contributed by atoms with Gasteiger partial charge in [-0.25, -0.2) is 4.98 Å². The Balaban J connectivity index is 1.42. The van der Waals surface area contributed by atoms with Crippen LogP contribution in [0.15, 0.2) is 36.7 Å². The van der Waals surface area contributed by atoms with E-state index in [2.05, 4.69) is 45.1 Å². The van der Waals surface area contributed by atoms with Crippen LogP contribution >= 0.6 is 0 Å². The summed E-state index contributed by atoms with van der Waals surface area (Å²) >= 11 is 0. The number of para-hydroxylation sites is 2. The van der Waals surface area contributed by atoms with E-state index in [1.807, 2.05) is 23.0 Å². The number of anilines is 1. The molecule has 0 bridgehead atoms. The van der Waals surface area contributed by atoms with Gasteiger partial charge in [0, 0.05) is 51.0 Å². The smallest absolute Gasteiger partial charge is 0.203 e. The fraction of sp³-hybridized carbons (Fsp3) is 0.444. The summed E-state index contributed by atoms with van der Waals surface area (Å²) in [7, 11) is 0. The Kier molecular flexibility index (Phi) is 4.21. The van der Waals surface area contributed by atoms with Crippen LogP contribution in [0.25, 0.3) is 11.0 Å². The molecule has 1 saturated heterocycles. The second-order valence-electron chi connectivity index (χ2n) is 6.40. The van der Waals surface area contributed by atoms with Crippen LogP contribution in [0.3, 0.4) is 0 Å². The third-order valence-electron chi connectivity index (χ3n) is 4.68. The number of fused-ring (bicyclic) bond motifs is 1. The molecule has 1 fully saturated rings. The van der Waals surface area contributed by atoms with Gasteiger partial charge < -0.3 is 9.88 Å². The topological polar surface area (TPSA) is 53.0 Å². The van der Waals surface area contributed by atoms with Gasteiger partial charge in [-0.15, -0.1) is 0 Å². The number of H-pyrrole nitrogens is 1. The van der Waals surface area contributed by atoms with Crippen molar-refractivity contribution in [3.63, 3.8) is 0 Å². The number of imidazole rings is 1. The van der Waals surface area contributed by atoms with Crippen molar-refractivity contribution in [3.8, 4) is 0 Å². The molecule has 0 spiro atoms. The van der Waals surface area contributed by atoms with Crippen molar-refractivity contribution in [2.24, 2.45) is 0 Å². The van der Waals surface area contributed by atoms with Gasteiger partial charge in [0.15, 0.2) is 0 Å². The Morgan fingerprint density at radius 2 is 2.04 bits per heavy atom. The zero-order valence-electron chi connectivity index (χ0n) is 14.1. The molecule has 24 heavy (non-hydrogen) atoms. The maximum absolute atomic E-state index is 4.74.